The van der Waals surface area contributed by atoms with Gasteiger partial charge in [0.1, 0.15) is 11.6 Å². The van der Waals surface area contributed by atoms with Crippen molar-refractivity contribution in [2.45, 2.75) is 25.4 Å². The summed E-state index contributed by atoms with van der Waals surface area (Å²) in [5, 5.41) is 3.10. The number of nitrogens with one attached hydrogen (secondary N) is 1. The summed E-state index contributed by atoms with van der Waals surface area (Å²) in [7, 11) is -3.16. The second-order valence-corrected chi connectivity index (χ2v) is 7.98. The summed E-state index contributed by atoms with van der Waals surface area (Å²) in [5.74, 6) is -1.19. The monoisotopic (exact) mass is 382 g/mol. The van der Waals surface area contributed by atoms with Gasteiger partial charge in [-0.15, -0.1) is 0 Å². The summed E-state index contributed by atoms with van der Waals surface area (Å²) < 4.78 is 51.9. The summed E-state index contributed by atoms with van der Waals surface area (Å²) in [4.78, 5) is 0. The summed E-state index contributed by atoms with van der Waals surface area (Å²) in [5.41, 5.74) is -0.00471. The number of halogens is 3. The Kier molecular flexibility index (Phi) is 5.34. The largest absolute Gasteiger partial charge is 0.310 e. The average molecular weight is 383 g/mol. The highest BCUT2D eigenvalue weighted by atomic mass is 79.9. The fourth-order valence-electron chi connectivity index (χ4n) is 2.37. The fraction of sp³-hybridized carbons (Fsp3) is 0.538. The molecule has 0 aromatic heterocycles. The molecule has 0 amide bonds. The van der Waals surface area contributed by atoms with Crippen molar-refractivity contribution >= 4 is 26.0 Å². The quantitative estimate of drug-likeness (QED) is 0.812. The molecule has 0 atom stereocenters. The van der Waals surface area contributed by atoms with Crippen LogP contribution in [0.2, 0.25) is 0 Å². The number of sulfonamides is 1. The molecule has 2 rings (SSSR count). The lowest BCUT2D eigenvalue weighted by Crippen LogP contribution is -2.44. The van der Waals surface area contributed by atoms with E-state index in [1.807, 2.05) is 0 Å². The molecule has 1 aliphatic heterocycles. The standard InChI is InChI=1S/C13H17BrF2N2O2S/c1-21(19,20)18-6-4-9(5-7-18)17-8-10-12(15)3-2-11(14)13(10)16/h2-3,9,17H,4-8H2,1H3. The van der Waals surface area contributed by atoms with Crippen molar-refractivity contribution in [2.75, 3.05) is 19.3 Å². The Morgan fingerprint density at radius 1 is 1.33 bits per heavy atom. The van der Waals surface area contributed by atoms with E-state index in [0.717, 1.165) is 0 Å². The molecule has 0 aliphatic carbocycles. The molecular weight excluding hydrogens is 366 g/mol. The molecule has 1 aromatic carbocycles. The minimum absolute atomic E-state index is 0.00471. The molecule has 1 heterocycles. The molecule has 1 saturated heterocycles. The van der Waals surface area contributed by atoms with Crippen molar-refractivity contribution in [3.05, 3.63) is 33.8 Å². The third-order valence-electron chi connectivity index (χ3n) is 3.63. The fourth-order valence-corrected chi connectivity index (χ4v) is 3.61. The zero-order chi connectivity index (χ0) is 15.6. The van der Waals surface area contributed by atoms with Gasteiger partial charge >= 0.3 is 0 Å². The molecule has 118 valence electrons. The number of piperidine rings is 1. The van der Waals surface area contributed by atoms with Crippen LogP contribution < -0.4 is 5.32 Å². The summed E-state index contributed by atoms with van der Waals surface area (Å²) in [6.45, 7) is 0.945. The van der Waals surface area contributed by atoms with Crippen molar-refractivity contribution < 1.29 is 17.2 Å². The van der Waals surface area contributed by atoms with Gasteiger partial charge in [-0.2, -0.15) is 0 Å². The number of rotatable bonds is 4. The van der Waals surface area contributed by atoms with Crippen molar-refractivity contribution in [1.29, 1.82) is 0 Å². The first kappa shape index (κ1) is 16.8. The van der Waals surface area contributed by atoms with E-state index in [9.17, 15) is 17.2 Å². The van der Waals surface area contributed by atoms with Crippen LogP contribution in [-0.2, 0) is 16.6 Å². The van der Waals surface area contributed by atoms with Crippen LogP contribution in [0.25, 0.3) is 0 Å². The minimum atomic E-state index is -3.16. The lowest BCUT2D eigenvalue weighted by atomic mass is 10.1. The lowest BCUT2D eigenvalue weighted by molar-refractivity contribution is 0.288. The summed E-state index contributed by atoms with van der Waals surface area (Å²) in [6, 6.07) is 2.61. The second-order valence-electron chi connectivity index (χ2n) is 5.14. The van der Waals surface area contributed by atoms with E-state index in [0.29, 0.717) is 25.9 Å². The SMILES string of the molecule is CS(=O)(=O)N1CCC(NCc2c(F)ccc(Br)c2F)CC1. The van der Waals surface area contributed by atoms with Gasteiger partial charge in [0, 0.05) is 31.2 Å². The predicted octanol–water partition coefficient (Wildman–Crippen LogP) is 2.24. The molecular formula is C13H17BrF2N2O2S. The molecule has 1 N–H and O–H groups in total. The Morgan fingerprint density at radius 3 is 2.52 bits per heavy atom. The zero-order valence-electron chi connectivity index (χ0n) is 11.6. The van der Waals surface area contributed by atoms with Gasteiger partial charge in [0.25, 0.3) is 0 Å². The lowest BCUT2D eigenvalue weighted by Gasteiger charge is -2.30. The Balaban J connectivity index is 1.93. The van der Waals surface area contributed by atoms with Crippen molar-refractivity contribution in [2.24, 2.45) is 0 Å². The third kappa shape index (κ3) is 4.21. The van der Waals surface area contributed by atoms with Crippen molar-refractivity contribution in [3.8, 4) is 0 Å². The minimum Gasteiger partial charge on any atom is -0.310 e. The third-order valence-corrected chi connectivity index (χ3v) is 5.54. The molecule has 21 heavy (non-hydrogen) atoms. The molecule has 4 nitrogen and oxygen atoms in total. The number of hydrogen-bond acceptors (Lipinski definition) is 3. The van der Waals surface area contributed by atoms with Crippen molar-refractivity contribution in [3.63, 3.8) is 0 Å². The Labute approximate surface area is 131 Å². The van der Waals surface area contributed by atoms with Gasteiger partial charge in [-0.25, -0.2) is 21.5 Å². The average Bonchev–Trinajstić information content (AvgIpc) is 2.43. The van der Waals surface area contributed by atoms with Crippen molar-refractivity contribution in [1.82, 2.24) is 9.62 Å². The van der Waals surface area contributed by atoms with E-state index in [4.69, 9.17) is 0 Å². The zero-order valence-corrected chi connectivity index (χ0v) is 14.0. The molecule has 0 saturated carbocycles. The van der Waals surface area contributed by atoms with Crippen LogP contribution in [0.1, 0.15) is 18.4 Å². The van der Waals surface area contributed by atoms with Gasteiger partial charge in [-0.1, -0.05) is 0 Å². The highest BCUT2D eigenvalue weighted by Crippen LogP contribution is 2.22. The van der Waals surface area contributed by atoms with Crippen LogP contribution in [0.3, 0.4) is 0 Å². The highest BCUT2D eigenvalue weighted by molar-refractivity contribution is 9.10. The van der Waals surface area contributed by atoms with Gasteiger partial charge in [0.05, 0.1) is 10.7 Å². The normalized spacial score (nSPS) is 18.1. The van der Waals surface area contributed by atoms with E-state index in [1.165, 1.54) is 22.7 Å². The Morgan fingerprint density at radius 2 is 1.95 bits per heavy atom. The van der Waals surface area contributed by atoms with Gasteiger partial charge in [0.2, 0.25) is 10.0 Å². The van der Waals surface area contributed by atoms with Crippen LogP contribution in [0.5, 0.6) is 0 Å². The molecule has 0 unspecified atom stereocenters. The molecule has 1 aromatic rings. The second kappa shape index (κ2) is 6.68. The molecule has 0 radical (unpaired) electrons. The number of benzene rings is 1. The maximum atomic E-state index is 13.8. The topological polar surface area (TPSA) is 49.4 Å². The molecule has 0 bridgehead atoms. The van der Waals surface area contributed by atoms with Gasteiger partial charge < -0.3 is 5.32 Å². The molecule has 1 aliphatic rings. The predicted molar refractivity (Wildman–Crippen MR) is 80.3 cm³/mol. The first-order valence-electron chi connectivity index (χ1n) is 6.60. The van der Waals surface area contributed by atoms with E-state index >= 15 is 0 Å². The van der Waals surface area contributed by atoms with Crippen LogP contribution >= 0.6 is 15.9 Å². The maximum Gasteiger partial charge on any atom is 0.211 e. The van der Waals surface area contributed by atoms with E-state index in [1.54, 1.807) is 0 Å². The van der Waals surface area contributed by atoms with Crippen LogP contribution in [-0.4, -0.2) is 38.1 Å². The molecule has 0 spiro atoms. The molecule has 1 fully saturated rings. The van der Waals surface area contributed by atoms with Crippen LogP contribution in [0.15, 0.2) is 16.6 Å². The van der Waals surface area contributed by atoms with Gasteiger partial charge in [0.15, 0.2) is 0 Å². The summed E-state index contributed by atoms with van der Waals surface area (Å²) in [6.07, 6.45) is 2.45. The first-order valence-corrected chi connectivity index (χ1v) is 9.24. The number of nitrogens with zero attached hydrogens (tertiary/aromatic N) is 1. The Hall–Kier alpha value is -0.570. The van der Waals surface area contributed by atoms with E-state index < -0.39 is 21.7 Å². The van der Waals surface area contributed by atoms with E-state index in [-0.39, 0.29) is 22.6 Å². The number of hydrogen-bond donors (Lipinski definition) is 1. The van der Waals surface area contributed by atoms with Crippen LogP contribution in [0, 0.1) is 11.6 Å². The smallest absolute Gasteiger partial charge is 0.211 e. The van der Waals surface area contributed by atoms with Gasteiger partial charge in [-0.3, -0.25) is 0 Å². The van der Waals surface area contributed by atoms with Crippen LogP contribution in [0.4, 0.5) is 8.78 Å². The first-order chi connectivity index (χ1) is 9.79. The highest BCUT2D eigenvalue weighted by Gasteiger charge is 2.25. The van der Waals surface area contributed by atoms with Gasteiger partial charge in [-0.05, 0) is 40.9 Å². The molecule has 8 heteroatoms. The summed E-state index contributed by atoms with van der Waals surface area (Å²) >= 11 is 3.03. The van der Waals surface area contributed by atoms with E-state index in [2.05, 4.69) is 21.2 Å². The maximum absolute atomic E-state index is 13.8. The Bertz CT molecular complexity index is 617.